The van der Waals surface area contributed by atoms with E-state index >= 15 is 0 Å². The van der Waals surface area contributed by atoms with Crippen LogP contribution >= 0.6 is 0 Å². The fourth-order valence-corrected chi connectivity index (χ4v) is 2.73. The summed E-state index contributed by atoms with van der Waals surface area (Å²) in [6.07, 6.45) is 1.42. The molecule has 8 heteroatoms. The Morgan fingerprint density at radius 2 is 1.90 bits per heavy atom. The molecule has 0 radical (unpaired) electrons. The number of halogens is 2. The van der Waals surface area contributed by atoms with Gasteiger partial charge in [0.1, 0.15) is 29.7 Å². The van der Waals surface area contributed by atoms with E-state index < -0.39 is 23.4 Å². The van der Waals surface area contributed by atoms with Crippen LogP contribution in [-0.4, -0.2) is 30.4 Å². The minimum Gasteiger partial charge on any atom is -0.495 e. The Morgan fingerprint density at radius 3 is 2.59 bits per heavy atom. The van der Waals surface area contributed by atoms with E-state index in [0.29, 0.717) is 23.3 Å². The van der Waals surface area contributed by atoms with Gasteiger partial charge in [-0.25, -0.2) is 8.78 Å². The molecule has 0 atom stereocenters. The van der Waals surface area contributed by atoms with Crippen LogP contribution in [0.2, 0.25) is 0 Å². The number of carbonyl (C=O) groups excluding carboxylic acids is 2. The summed E-state index contributed by atoms with van der Waals surface area (Å²) >= 11 is 0. The average molecular weight is 400 g/mol. The molecule has 0 aliphatic rings. The lowest BCUT2D eigenvalue weighted by atomic mass is 10.1. The third-order valence-corrected chi connectivity index (χ3v) is 4.09. The molecule has 3 rings (SSSR count). The van der Waals surface area contributed by atoms with Gasteiger partial charge in [0.15, 0.2) is 0 Å². The molecule has 2 aromatic carbocycles. The maximum absolute atomic E-state index is 14.1. The first-order valence-electron chi connectivity index (χ1n) is 8.67. The SMILES string of the molecule is COc1ccccc1NC(=O)CN(Cc1ccco1)C(=O)c1ccc(F)cc1F. The zero-order chi connectivity index (χ0) is 20.8. The molecule has 0 saturated heterocycles. The molecule has 1 heterocycles. The van der Waals surface area contributed by atoms with Crippen LogP contribution in [0.15, 0.2) is 65.3 Å². The van der Waals surface area contributed by atoms with Crippen molar-refractivity contribution in [1.82, 2.24) is 4.90 Å². The number of para-hydroxylation sites is 2. The van der Waals surface area contributed by atoms with E-state index in [2.05, 4.69) is 5.32 Å². The van der Waals surface area contributed by atoms with Crippen molar-refractivity contribution in [1.29, 1.82) is 0 Å². The summed E-state index contributed by atoms with van der Waals surface area (Å²) in [5, 5.41) is 2.66. The summed E-state index contributed by atoms with van der Waals surface area (Å²) in [5.74, 6) is -2.23. The molecule has 29 heavy (non-hydrogen) atoms. The Labute approximate surface area is 165 Å². The number of hydrogen-bond donors (Lipinski definition) is 1. The summed E-state index contributed by atoms with van der Waals surface area (Å²) < 4.78 is 37.7. The molecule has 0 bridgehead atoms. The molecular formula is C21H18F2N2O4. The van der Waals surface area contributed by atoms with Crippen molar-refractivity contribution >= 4 is 17.5 Å². The van der Waals surface area contributed by atoms with Crippen LogP contribution in [0, 0.1) is 11.6 Å². The number of nitrogens with zero attached hydrogens (tertiary/aromatic N) is 1. The van der Waals surface area contributed by atoms with E-state index in [1.807, 2.05) is 0 Å². The minimum atomic E-state index is -1.01. The third-order valence-electron chi connectivity index (χ3n) is 4.09. The first-order chi connectivity index (χ1) is 14.0. The number of benzene rings is 2. The fraction of sp³-hybridized carbons (Fsp3) is 0.143. The molecule has 1 aromatic heterocycles. The van der Waals surface area contributed by atoms with Crippen molar-refractivity contribution < 1.29 is 27.5 Å². The minimum absolute atomic E-state index is 0.0675. The van der Waals surface area contributed by atoms with Gasteiger partial charge in [0.05, 0.1) is 31.2 Å². The van der Waals surface area contributed by atoms with Crippen LogP contribution < -0.4 is 10.1 Å². The van der Waals surface area contributed by atoms with Crippen LogP contribution in [0.3, 0.4) is 0 Å². The maximum Gasteiger partial charge on any atom is 0.257 e. The highest BCUT2D eigenvalue weighted by Crippen LogP contribution is 2.23. The number of amides is 2. The van der Waals surface area contributed by atoms with Gasteiger partial charge >= 0.3 is 0 Å². The largest absolute Gasteiger partial charge is 0.495 e. The Bertz CT molecular complexity index is 1010. The molecule has 2 amide bonds. The summed E-state index contributed by atoms with van der Waals surface area (Å²) in [4.78, 5) is 26.5. The normalized spacial score (nSPS) is 10.4. The first kappa shape index (κ1) is 20.1. The lowest BCUT2D eigenvalue weighted by Crippen LogP contribution is -2.38. The first-order valence-corrected chi connectivity index (χ1v) is 8.67. The van der Waals surface area contributed by atoms with Crippen molar-refractivity contribution in [3.05, 3.63) is 83.8 Å². The Kier molecular flexibility index (Phi) is 6.23. The number of ether oxygens (including phenoxy) is 1. The average Bonchev–Trinajstić information content (AvgIpc) is 3.20. The molecule has 150 valence electrons. The highest BCUT2D eigenvalue weighted by Gasteiger charge is 2.23. The van der Waals surface area contributed by atoms with Crippen LogP contribution in [-0.2, 0) is 11.3 Å². The van der Waals surface area contributed by atoms with Crippen LogP contribution in [0.4, 0.5) is 14.5 Å². The number of anilines is 1. The molecule has 6 nitrogen and oxygen atoms in total. The molecule has 0 saturated carbocycles. The van der Waals surface area contributed by atoms with Crippen LogP contribution in [0.1, 0.15) is 16.1 Å². The summed E-state index contributed by atoms with van der Waals surface area (Å²) in [5.41, 5.74) is 0.0846. The standard InChI is InChI=1S/C21H18F2N2O4/c1-28-19-7-3-2-6-18(19)24-20(26)13-25(12-15-5-4-10-29-15)21(27)16-9-8-14(22)11-17(16)23/h2-11H,12-13H2,1H3,(H,24,26). The van der Waals surface area contributed by atoms with Gasteiger partial charge in [0, 0.05) is 6.07 Å². The molecular weight excluding hydrogens is 382 g/mol. The van der Waals surface area contributed by atoms with Crippen molar-refractivity contribution in [2.45, 2.75) is 6.54 Å². The number of nitrogens with one attached hydrogen (secondary N) is 1. The van der Waals surface area contributed by atoms with Gasteiger partial charge in [0.25, 0.3) is 5.91 Å². The van der Waals surface area contributed by atoms with E-state index in [-0.39, 0.29) is 18.7 Å². The van der Waals surface area contributed by atoms with Gasteiger partial charge < -0.3 is 19.4 Å². The summed E-state index contributed by atoms with van der Waals surface area (Å²) in [6.45, 7) is -0.448. The van der Waals surface area contributed by atoms with Gasteiger partial charge in [-0.15, -0.1) is 0 Å². The molecule has 0 aliphatic carbocycles. The van der Waals surface area contributed by atoms with Crippen molar-refractivity contribution in [2.75, 3.05) is 19.0 Å². The van der Waals surface area contributed by atoms with E-state index in [9.17, 15) is 18.4 Å². The zero-order valence-corrected chi connectivity index (χ0v) is 15.5. The smallest absolute Gasteiger partial charge is 0.257 e. The van der Waals surface area contributed by atoms with Crippen molar-refractivity contribution in [3.8, 4) is 5.75 Å². The molecule has 0 fully saturated rings. The predicted molar refractivity (Wildman–Crippen MR) is 101 cm³/mol. The van der Waals surface area contributed by atoms with Gasteiger partial charge in [-0.05, 0) is 36.4 Å². The number of carbonyl (C=O) groups is 2. The maximum atomic E-state index is 14.1. The fourth-order valence-electron chi connectivity index (χ4n) is 2.73. The number of hydrogen-bond acceptors (Lipinski definition) is 4. The number of methoxy groups -OCH3 is 1. The lowest BCUT2D eigenvalue weighted by Gasteiger charge is -2.22. The van der Waals surface area contributed by atoms with Gasteiger partial charge in [-0.1, -0.05) is 12.1 Å². The molecule has 0 unspecified atom stereocenters. The second-order valence-electron chi connectivity index (χ2n) is 6.11. The third kappa shape index (κ3) is 4.98. The second-order valence-corrected chi connectivity index (χ2v) is 6.11. The topological polar surface area (TPSA) is 71.8 Å². The highest BCUT2D eigenvalue weighted by atomic mass is 19.1. The van der Waals surface area contributed by atoms with E-state index in [4.69, 9.17) is 9.15 Å². The van der Waals surface area contributed by atoms with Gasteiger partial charge in [0.2, 0.25) is 5.91 Å². The Morgan fingerprint density at radius 1 is 1.10 bits per heavy atom. The van der Waals surface area contributed by atoms with Gasteiger partial charge in [-0.3, -0.25) is 9.59 Å². The Balaban J connectivity index is 1.81. The number of furan rings is 1. The molecule has 0 spiro atoms. The quantitative estimate of drug-likeness (QED) is 0.654. The molecule has 3 aromatic rings. The monoisotopic (exact) mass is 400 g/mol. The number of rotatable bonds is 7. The van der Waals surface area contributed by atoms with E-state index in [1.165, 1.54) is 13.4 Å². The molecule has 1 N–H and O–H groups in total. The van der Waals surface area contributed by atoms with E-state index in [1.54, 1.807) is 36.4 Å². The highest BCUT2D eigenvalue weighted by molar-refractivity contribution is 6.00. The summed E-state index contributed by atoms with van der Waals surface area (Å²) in [7, 11) is 1.47. The lowest BCUT2D eigenvalue weighted by molar-refractivity contribution is -0.117. The van der Waals surface area contributed by atoms with Crippen molar-refractivity contribution in [2.24, 2.45) is 0 Å². The second kappa shape index (κ2) is 9.01. The predicted octanol–water partition coefficient (Wildman–Crippen LogP) is 3.85. The molecule has 0 aliphatic heterocycles. The van der Waals surface area contributed by atoms with Crippen LogP contribution in [0.25, 0.3) is 0 Å². The summed E-state index contributed by atoms with van der Waals surface area (Å²) in [6, 6.07) is 12.7. The van der Waals surface area contributed by atoms with Gasteiger partial charge in [-0.2, -0.15) is 0 Å². The van der Waals surface area contributed by atoms with E-state index in [0.717, 1.165) is 17.0 Å². The van der Waals surface area contributed by atoms with Crippen molar-refractivity contribution in [3.63, 3.8) is 0 Å². The Hall–Kier alpha value is -3.68. The zero-order valence-electron chi connectivity index (χ0n) is 15.5. The van der Waals surface area contributed by atoms with Crippen LogP contribution in [0.5, 0.6) is 5.75 Å².